The molecule has 1 aromatic carbocycles. The van der Waals surface area contributed by atoms with Gasteiger partial charge in [0.25, 0.3) is 0 Å². The Morgan fingerprint density at radius 2 is 2.00 bits per heavy atom. The summed E-state index contributed by atoms with van der Waals surface area (Å²) in [4.78, 5) is 0. The van der Waals surface area contributed by atoms with Gasteiger partial charge in [-0.05, 0) is 31.2 Å². The number of hydrogen-bond acceptors (Lipinski definition) is 4. The summed E-state index contributed by atoms with van der Waals surface area (Å²) in [7, 11) is 1.07. The lowest BCUT2D eigenvalue weighted by Crippen LogP contribution is -2.26. The van der Waals surface area contributed by atoms with Gasteiger partial charge in [-0.25, -0.2) is 0 Å². The van der Waals surface area contributed by atoms with E-state index in [4.69, 9.17) is 9.47 Å². The van der Waals surface area contributed by atoms with Crippen LogP contribution in [-0.4, -0.2) is 35.5 Å². The lowest BCUT2D eigenvalue weighted by Gasteiger charge is -2.22. The van der Waals surface area contributed by atoms with Crippen molar-refractivity contribution in [2.45, 2.75) is 31.6 Å². The third-order valence-corrected chi connectivity index (χ3v) is 5.56. The summed E-state index contributed by atoms with van der Waals surface area (Å²) in [6.07, 6.45) is 0.935. The fourth-order valence-corrected chi connectivity index (χ4v) is 3.53. The lowest BCUT2D eigenvalue weighted by atomic mass is 10.1. The summed E-state index contributed by atoms with van der Waals surface area (Å²) in [6, 6.07) is 6.01. The molecular weight excluding hydrogens is 274 g/mol. The van der Waals surface area contributed by atoms with Crippen LogP contribution in [0.15, 0.2) is 18.2 Å². The molecule has 5 heteroatoms. The monoisotopic (exact) mass is 297 g/mol. The first-order valence-corrected chi connectivity index (χ1v) is 8.48. The van der Waals surface area contributed by atoms with Crippen LogP contribution in [0, 0.1) is 0 Å². The molecule has 4 nitrogen and oxygen atoms in total. The summed E-state index contributed by atoms with van der Waals surface area (Å²) < 4.78 is 23.3. The van der Waals surface area contributed by atoms with Crippen LogP contribution in [0.2, 0.25) is 0 Å². The van der Waals surface area contributed by atoms with Gasteiger partial charge in [-0.1, -0.05) is 19.9 Å². The maximum Gasteiger partial charge on any atom is 0.161 e. The van der Waals surface area contributed by atoms with Crippen LogP contribution >= 0.6 is 0 Å². The number of rotatable bonds is 6. The van der Waals surface area contributed by atoms with Gasteiger partial charge >= 0.3 is 0 Å². The third-order valence-electron chi connectivity index (χ3n) is 3.67. The zero-order chi connectivity index (χ0) is 14.5. The average Bonchev–Trinajstić information content (AvgIpc) is 2.51. The normalized spacial score (nSPS) is 18.4. The van der Waals surface area contributed by atoms with Crippen LogP contribution in [0.1, 0.15) is 31.9 Å². The predicted molar refractivity (Wildman–Crippen MR) is 82.0 cm³/mol. The van der Waals surface area contributed by atoms with Crippen LogP contribution < -0.4 is 14.8 Å². The van der Waals surface area contributed by atoms with Gasteiger partial charge in [-0.2, -0.15) is 0 Å². The second-order valence-corrected chi connectivity index (χ2v) is 6.91. The van der Waals surface area contributed by atoms with E-state index in [1.165, 1.54) is 0 Å². The molecule has 0 radical (unpaired) electrons. The summed E-state index contributed by atoms with van der Waals surface area (Å²) in [6.45, 7) is 5.28. The SMILES string of the molecule is CCC(C)S(=O)CC(NC)c1ccc2c(c1)OCCO2. The highest BCUT2D eigenvalue weighted by Gasteiger charge is 2.19. The van der Waals surface area contributed by atoms with Crippen LogP contribution in [0.4, 0.5) is 0 Å². The molecule has 112 valence electrons. The standard InChI is InChI=1S/C15H23NO3S/c1-4-11(2)20(17)10-13(16-3)12-5-6-14-15(9-12)19-8-7-18-14/h5-6,9,11,13,16H,4,7-8,10H2,1-3H3. The van der Waals surface area contributed by atoms with E-state index in [1.54, 1.807) is 0 Å². The van der Waals surface area contributed by atoms with Gasteiger partial charge in [-0.15, -0.1) is 0 Å². The first-order valence-electron chi connectivity index (χ1n) is 7.09. The minimum atomic E-state index is -0.832. The van der Waals surface area contributed by atoms with Crippen molar-refractivity contribution >= 4 is 10.8 Å². The number of nitrogens with one attached hydrogen (secondary N) is 1. The van der Waals surface area contributed by atoms with Crippen molar-refractivity contribution in [1.82, 2.24) is 5.32 Å². The van der Waals surface area contributed by atoms with E-state index in [9.17, 15) is 4.21 Å². The number of fused-ring (bicyclic) bond motifs is 1. The Morgan fingerprint density at radius 3 is 2.65 bits per heavy atom. The Hall–Kier alpha value is -1.07. The molecule has 0 amide bonds. The van der Waals surface area contributed by atoms with Gasteiger partial charge in [0.1, 0.15) is 13.2 Å². The van der Waals surface area contributed by atoms with Gasteiger partial charge in [-0.3, -0.25) is 4.21 Å². The van der Waals surface area contributed by atoms with Crippen molar-refractivity contribution in [3.63, 3.8) is 0 Å². The van der Waals surface area contributed by atoms with E-state index in [0.717, 1.165) is 23.5 Å². The Bertz CT molecular complexity index is 478. The van der Waals surface area contributed by atoms with Gasteiger partial charge < -0.3 is 14.8 Å². The molecule has 1 N–H and O–H groups in total. The Labute approximate surface area is 123 Å². The first kappa shape index (κ1) is 15.3. The fourth-order valence-electron chi connectivity index (χ4n) is 2.14. The predicted octanol–water partition coefficient (Wildman–Crippen LogP) is 2.27. The lowest BCUT2D eigenvalue weighted by molar-refractivity contribution is 0.171. The molecule has 1 aromatic rings. The Morgan fingerprint density at radius 1 is 1.30 bits per heavy atom. The molecule has 0 bridgehead atoms. The molecule has 0 fully saturated rings. The van der Waals surface area contributed by atoms with Crippen molar-refractivity contribution in [3.8, 4) is 11.5 Å². The minimum absolute atomic E-state index is 0.0701. The zero-order valence-corrected chi connectivity index (χ0v) is 13.2. The highest BCUT2D eigenvalue weighted by molar-refractivity contribution is 7.85. The maximum atomic E-state index is 12.2. The summed E-state index contributed by atoms with van der Waals surface area (Å²) in [5.74, 6) is 2.19. The molecule has 0 saturated heterocycles. The van der Waals surface area contributed by atoms with Crippen molar-refractivity contribution in [2.75, 3.05) is 26.0 Å². The molecule has 1 heterocycles. The van der Waals surface area contributed by atoms with E-state index in [-0.39, 0.29) is 11.3 Å². The van der Waals surface area contributed by atoms with Crippen LogP contribution in [0.3, 0.4) is 0 Å². The second kappa shape index (κ2) is 7.09. The van der Waals surface area contributed by atoms with E-state index >= 15 is 0 Å². The molecular formula is C15H23NO3S. The molecule has 0 aromatic heterocycles. The van der Waals surface area contributed by atoms with Crippen molar-refractivity contribution in [3.05, 3.63) is 23.8 Å². The molecule has 0 saturated carbocycles. The number of hydrogen-bond donors (Lipinski definition) is 1. The smallest absolute Gasteiger partial charge is 0.161 e. The van der Waals surface area contributed by atoms with Crippen LogP contribution in [-0.2, 0) is 10.8 Å². The highest BCUT2D eigenvalue weighted by atomic mass is 32.2. The topological polar surface area (TPSA) is 47.6 Å². The van der Waals surface area contributed by atoms with E-state index in [2.05, 4.69) is 12.2 Å². The van der Waals surface area contributed by atoms with E-state index in [0.29, 0.717) is 19.0 Å². The zero-order valence-electron chi connectivity index (χ0n) is 12.3. The molecule has 1 aliphatic rings. The molecule has 20 heavy (non-hydrogen) atoms. The number of ether oxygens (including phenoxy) is 2. The molecule has 0 aliphatic carbocycles. The van der Waals surface area contributed by atoms with Crippen molar-refractivity contribution < 1.29 is 13.7 Å². The highest BCUT2D eigenvalue weighted by Crippen LogP contribution is 2.32. The maximum absolute atomic E-state index is 12.2. The largest absolute Gasteiger partial charge is 0.486 e. The van der Waals surface area contributed by atoms with Crippen LogP contribution in [0.25, 0.3) is 0 Å². The van der Waals surface area contributed by atoms with Gasteiger partial charge in [0.15, 0.2) is 11.5 Å². The Kier molecular flexibility index (Phi) is 5.43. The van der Waals surface area contributed by atoms with E-state index < -0.39 is 10.8 Å². The Balaban J connectivity index is 2.13. The fraction of sp³-hybridized carbons (Fsp3) is 0.600. The van der Waals surface area contributed by atoms with Gasteiger partial charge in [0.2, 0.25) is 0 Å². The molecule has 1 aliphatic heterocycles. The molecule has 3 unspecified atom stereocenters. The van der Waals surface area contributed by atoms with Gasteiger partial charge in [0, 0.05) is 27.8 Å². The summed E-state index contributed by atoms with van der Waals surface area (Å²) in [5, 5.41) is 3.47. The quantitative estimate of drug-likeness (QED) is 0.875. The summed E-state index contributed by atoms with van der Waals surface area (Å²) in [5.41, 5.74) is 1.09. The van der Waals surface area contributed by atoms with Gasteiger partial charge in [0.05, 0.1) is 0 Å². The third kappa shape index (κ3) is 3.52. The van der Waals surface area contributed by atoms with Crippen molar-refractivity contribution in [1.29, 1.82) is 0 Å². The van der Waals surface area contributed by atoms with Crippen molar-refractivity contribution in [2.24, 2.45) is 0 Å². The molecule has 2 rings (SSSR count). The molecule has 3 atom stereocenters. The first-order chi connectivity index (χ1) is 9.65. The average molecular weight is 297 g/mol. The van der Waals surface area contributed by atoms with Crippen LogP contribution in [0.5, 0.6) is 11.5 Å². The second-order valence-electron chi connectivity index (χ2n) is 5.01. The molecule has 0 spiro atoms. The minimum Gasteiger partial charge on any atom is -0.486 e. The summed E-state index contributed by atoms with van der Waals surface area (Å²) >= 11 is 0. The number of benzene rings is 1. The van der Waals surface area contributed by atoms with E-state index in [1.807, 2.05) is 32.2 Å².